The van der Waals surface area contributed by atoms with Crippen LogP contribution in [0.25, 0.3) is 0 Å². The van der Waals surface area contributed by atoms with Crippen LogP contribution in [-0.2, 0) is 23.8 Å². The number of hydrogen-bond acceptors (Lipinski definition) is 10. The molecule has 2 heterocycles. The second kappa shape index (κ2) is 23.7. The summed E-state index contributed by atoms with van der Waals surface area (Å²) in [5.74, 6) is 0.257. The lowest BCUT2D eigenvalue weighted by molar-refractivity contribution is -0.124. The number of benzene rings is 2. The number of carboxylic acids is 1. The summed E-state index contributed by atoms with van der Waals surface area (Å²) in [6.07, 6.45) is 10.9. The van der Waals surface area contributed by atoms with E-state index in [1.165, 1.54) is 19.2 Å². The number of esters is 1. The molecule has 0 unspecified atom stereocenters. The van der Waals surface area contributed by atoms with E-state index >= 15 is 0 Å². The number of aromatic hydroxyl groups is 1. The molecule has 0 aromatic heterocycles. The third-order valence-electron chi connectivity index (χ3n) is 12.0. The van der Waals surface area contributed by atoms with Gasteiger partial charge in [0.1, 0.15) is 17.6 Å². The van der Waals surface area contributed by atoms with Gasteiger partial charge >= 0.3 is 11.9 Å². The highest BCUT2D eigenvalue weighted by molar-refractivity contribution is 6.04. The number of nitrogens with zero attached hydrogens (tertiary/aromatic N) is 2. The first-order valence-electron chi connectivity index (χ1n) is 22.1. The van der Waals surface area contributed by atoms with Crippen LogP contribution in [0.15, 0.2) is 36.4 Å². The van der Waals surface area contributed by atoms with E-state index in [1.54, 1.807) is 34.1 Å². The summed E-state index contributed by atoms with van der Waals surface area (Å²) in [6, 6.07) is 9.31. The number of aliphatic hydroxyl groups is 1. The van der Waals surface area contributed by atoms with Gasteiger partial charge in [0.25, 0.3) is 0 Å². The molecule has 6 rings (SSSR count). The topological polar surface area (TPSA) is 172 Å². The molecule has 2 amide bonds. The third kappa shape index (κ3) is 13.9. The number of amides is 2. The number of phenolic OH excluding ortho intramolecular Hbond substituents is 1. The largest absolute Gasteiger partial charge is 0.508 e. The second-order valence-corrected chi connectivity index (χ2v) is 17.5. The van der Waals surface area contributed by atoms with Crippen molar-refractivity contribution < 1.29 is 53.4 Å². The molecule has 4 aliphatic rings. The number of anilines is 2. The monoisotopic (exact) mass is 838 g/mol. The van der Waals surface area contributed by atoms with Crippen LogP contribution in [0.5, 0.6) is 11.5 Å². The summed E-state index contributed by atoms with van der Waals surface area (Å²) in [6.45, 7) is 14.9. The summed E-state index contributed by atoms with van der Waals surface area (Å²) in [7, 11) is 1.29. The maximum Gasteiger partial charge on any atom is 0.340 e. The molecule has 2 aromatic carbocycles. The van der Waals surface area contributed by atoms with Gasteiger partial charge in [-0.1, -0.05) is 13.8 Å². The number of carbonyl (C=O) groups is 4. The van der Waals surface area contributed by atoms with Crippen LogP contribution in [0.3, 0.4) is 0 Å². The van der Waals surface area contributed by atoms with Gasteiger partial charge in [0, 0.05) is 50.0 Å². The molecule has 2 aliphatic carbocycles. The van der Waals surface area contributed by atoms with Crippen LogP contribution < -0.4 is 14.5 Å². The molecule has 4 fully saturated rings. The molecule has 0 bridgehead atoms. The van der Waals surface area contributed by atoms with Crippen molar-refractivity contribution in [2.24, 2.45) is 23.7 Å². The van der Waals surface area contributed by atoms with Crippen molar-refractivity contribution in [3.8, 4) is 11.5 Å². The molecule has 334 valence electrons. The fourth-order valence-corrected chi connectivity index (χ4v) is 8.36. The minimum atomic E-state index is -1.05. The lowest BCUT2D eigenvalue weighted by Gasteiger charge is -2.34. The van der Waals surface area contributed by atoms with Crippen LogP contribution in [0.2, 0.25) is 0 Å². The first kappa shape index (κ1) is 48.5. The lowest BCUT2D eigenvalue weighted by atomic mass is 9.82. The van der Waals surface area contributed by atoms with Gasteiger partial charge in [-0.3, -0.25) is 9.59 Å². The number of phenols is 1. The summed E-state index contributed by atoms with van der Waals surface area (Å²) >= 11 is 0. The van der Waals surface area contributed by atoms with Crippen LogP contribution >= 0.6 is 0 Å². The molecular formula is C47H70N2O11. The van der Waals surface area contributed by atoms with E-state index in [9.17, 15) is 29.4 Å². The van der Waals surface area contributed by atoms with Crippen molar-refractivity contribution in [1.29, 1.82) is 0 Å². The van der Waals surface area contributed by atoms with Gasteiger partial charge in [-0.15, -0.1) is 0 Å². The SMILES string of the molecule is CC1CCC(C(=O)N(c2ccc(OC3CCOCC3)cc2C(=O)O)C(C)C)CC1.COC(=O)c1cc(O)ccc1N(C(=O)C1CCC(C)CC1)C(C)C.OC1CCOCC1. The average Bonchev–Trinajstić information content (AvgIpc) is 3.23. The Morgan fingerprint density at radius 2 is 1.10 bits per heavy atom. The fourth-order valence-electron chi connectivity index (χ4n) is 8.36. The molecule has 2 saturated heterocycles. The number of ether oxygens (including phenoxy) is 4. The average molecular weight is 839 g/mol. The molecule has 2 aliphatic heterocycles. The minimum Gasteiger partial charge on any atom is -0.508 e. The number of aliphatic hydroxyl groups excluding tert-OH is 1. The van der Waals surface area contributed by atoms with E-state index in [0.717, 1.165) is 90.3 Å². The number of carboxylic acid groups (broad SMARTS) is 1. The molecular weight excluding hydrogens is 769 g/mol. The van der Waals surface area contributed by atoms with Crippen molar-refractivity contribution in [3.63, 3.8) is 0 Å². The third-order valence-corrected chi connectivity index (χ3v) is 12.0. The quantitative estimate of drug-likeness (QED) is 0.196. The standard InChI is InChI=1S/C23H33NO5.C19H27NO4.C5H10O2/c1-15(2)24(22(25)17-6-4-16(3)5-7-17)21-9-8-19(14-20(21)23(26)27)29-18-10-12-28-13-11-18;1-12(2)20(18(22)14-7-5-13(3)6-8-14)17-10-9-15(21)11-16(17)19(23)24-4;6-5-1-3-7-4-2-5/h8-9,14-18H,4-7,10-13H2,1-3H3,(H,26,27);9-14,21H,5-8H2,1-4H3;5-6H,1-4H2. The van der Waals surface area contributed by atoms with Crippen LogP contribution in [-0.4, -0.2) is 96.9 Å². The Labute approximate surface area is 356 Å². The molecule has 2 saturated carbocycles. The Morgan fingerprint density at radius 1 is 0.650 bits per heavy atom. The number of rotatable bonds is 10. The Morgan fingerprint density at radius 3 is 1.52 bits per heavy atom. The van der Waals surface area contributed by atoms with Crippen molar-refractivity contribution in [3.05, 3.63) is 47.5 Å². The smallest absolute Gasteiger partial charge is 0.340 e. The summed E-state index contributed by atoms with van der Waals surface area (Å²) < 4.78 is 21.1. The minimum absolute atomic E-state index is 0.0112. The highest BCUT2D eigenvalue weighted by atomic mass is 16.5. The van der Waals surface area contributed by atoms with Gasteiger partial charge in [0.15, 0.2) is 0 Å². The van der Waals surface area contributed by atoms with E-state index < -0.39 is 11.9 Å². The van der Waals surface area contributed by atoms with E-state index in [2.05, 4.69) is 13.8 Å². The summed E-state index contributed by atoms with van der Waals surface area (Å²) in [5.41, 5.74) is 1.28. The number of carbonyl (C=O) groups excluding carboxylic acids is 3. The van der Waals surface area contributed by atoms with Crippen molar-refractivity contribution in [2.75, 3.05) is 43.3 Å². The highest BCUT2D eigenvalue weighted by Crippen LogP contribution is 2.36. The zero-order valence-corrected chi connectivity index (χ0v) is 36.9. The van der Waals surface area contributed by atoms with Gasteiger partial charge in [0.2, 0.25) is 11.8 Å². The molecule has 3 N–H and O–H groups in total. The Kier molecular flexibility index (Phi) is 19.1. The van der Waals surface area contributed by atoms with Gasteiger partial charge in [-0.25, -0.2) is 9.59 Å². The molecule has 2 aromatic rings. The van der Waals surface area contributed by atoms with Crippen LogP contribution in [0.4, 0.5) is 11.4 Å². The predicted octanol–water partition coefficient (Wildman–Crippen LogP) is 8.41. The van der Waals surface area contributed by atoms with Crippen molar-refractivity contribution in [1.82, 2.24) is 0 Å². The van der Waals surface area contributed by atoms with Gasteiger partial charge < -0.3 is 44.1 Å². The highest BCUT2D eigenvalue weighted by Gasteiger charge is 2.34. The molecule has 13 heteroatoms. The Hall–Kier alpha value is -4.20. The second-order valence-electron chi connectivity index (χ2n) is 17.5. The Balaban J connectivity index is 0.000000230. The van der Waals surface area contributed by atoms with E-state index in [-0.39, 0.29) is 64.8 Å². The predicted molar refractivity (Wildman–Crippen MR) is 231 cm³/mol. The van der Waals surface area contributed by atoms with Gasteiger partial charge in [-0.2, -0.15) is 0 Å². The molecule has 60 heavy (non-hydrogen) atoms. The Bertz CT molecular complexity index is 1690. The van der Waals surface area contributed by atoms with Crippen molar-refractivity contribution in [2.45, 2.75) is 143 Å². The fraction of sp³-hybridized carbons (Fsp3) is 0.660. The number of hydrogen-bond donors (Lipinski definition) is 3. The van der Waals surface area contributed by atoms with Crippen molar-refractivity contribution >= 4 is 35.1 Å². The van der Waals surface area contributed by atoms with Crippen LogP contribution in [0.1, 0.15) is 139 Å². The molecule has 0 spiro atoms. The molecule has 0 radical (unpaired) electrons. The molecule has 0 atom stereocenters. The van der Waals surface area contributed by atoms with Crippen LogP contribution in [0, 0.1) is 23.7 Å². The zero-order chi connectivity index (χ0) is 43.9. The first-order chi connectivity index (χ1) is 28.6. The summed E-state index contributed by atoms with van der Waals surface area (Å²) in [4.78, 5) is 53.9. The van der Waals surface area contributed by atoms with Gasteiger partial charge in [0.05, 0.1) is 48.9 Å². The zero-order valence-electron chi connectivity index (χ0n) is 36.9. The lowest BCUT2D eigenvalue weighted by Crippen LogP contribution is -2.43. The number of aromatic carboxylic acids is 1. The maximum atomic E-state index is 13.3. The van der Waals surface area contributed by atoms with Gasteiger partial charge in [-0.05, 0) is 140 Å². The molecule has 13 nitrogen and oxygen atoms in total. The normalized spacial score (nSPS) is 22.4. The number of methoxy groups -OCH3 is 1. The van der Waals surface area contributed by atoms with E-state index in [0.29, 0.717) is 42.2 Å². The van der Waals surface area contributed by atoms with E-state index in [4.69, 9.17) is 24.1 Å². The maximum absolute atomic E-state index is 13.3. The van der Waals surface area contributed by atoms with E-state index in [1.807, 2.05) is 27.7 Å². The first-order valence-corrected chi connectivity index (χ1v) is 22.1. The summed E-state index contributed by atoms with van der Waals surface area (Å²) in [5, 5.41) is 28.4.